The molecule has 13 heavy (non-hydrogen) atoms. The Morgan fingerprint density at radius 3 is 2.23 bits per heavy atom. The summed E-state index contributed by atoms with van der Waals surface area (Å²) < 4.78 is 21.8. The Morgan fingerprint density at radius 2 is 1.92 bits per heavy atom. The van der Waals surface area contributed by atoms with E-state index in [1.807, 2.05) is 0 Å². The number of sulfone groups is 1. The minimum atomic E-state index is -4.28. The molecule has 0 aromatic carbocycles. The van der Waals surface area contributed by atoms with Crippen molar-refractivity contribution in [2.24, 2.45) is 5.73 Å². The number of thiol groups is 1. The highest BCUT2D eigenvalue weighted by atomic mass is 32.2. The van der Waals surface area contributed by atoms with Gasteiger partial charge in [0.05, 0.1) is 6.04 Å². The largest absolute Gasteiger partial charge is 0.480 e. The van der Waals surface area contributed by atoms with Gasteiger partial charge in [-0.3, -0.25) is 9.59 Å². The number of aliphatic carboxylic acids is 1. The van der Waals surface area contributed by atoms with Gasteiger partial charge in [0.15, 0.2) is 5.75 Å². The molecule has 0 fully saturated rings. The second-order valence-electron chi connectivity index (χ2n) is 2.26. The summed E-state index contributed by atoms with van der Waals surface area (Å²) in [5.41, 5.74) is 5.08. The van der Waals surface area contributed by atoms with E-state index in [9.17, 15) is 18.0 Å². The summed E-state index contributed by atoms with van der Waals surface area (Å²) in [5.74, 6) is -2.95. The van der Waals surface area contributed by atoms with E-state index >= 15 is 0 Å². The Balaban J connectivity index is 4.66. The summed E-state index contributed by atoms with van der Waals surface area (Å²) in [6.07, 6.45) is 0. The van der Waals surface area contributed by atoms with E-state index in [0.717, 1.165) is 0 Å². The lowest BCUT2D eigenvalue weighted by Crippen LogP contribution is -2.39. The molecule has 0 aliphatic rings. The summed E-state index contributed by atoms with van der Waals surface area (Å²) in [4.78, 5) is 20.9. The minimum Gasteiger partial charge on any atom is -0.480 e. The van der Waals surface area contributed by atoms with Crippen molar-refractivity contribution in [3.05, 3.63) is 0 Å². The van der Waals surface area contributed by atoms with Crippen LogP contribution in [0.15, 0.2) is 0 Å². The van der Waals surface area contributed by atoms with Crippen molar-refractivity contribution in [2.45, 2.75) is 6.04 Å². The van der Waals surface area contributed by atoms with Crippen molar-refractivity contribution in [1.82, 2.24) is 0 Å². The lowest BCUT2D eigenvalue weighted by Gasteiger charge is -2.05. The van der Waals surface area contributed by atoms with Crippen LogP contribution in [-0.4, -0.2) is 42.2 Å². The van der Waals surface area contributed by atoms with Crippen LogP contribution in [0.4, 0.5) is 0 Å². The number of carbonyl (C=O) groups excluding carboxylic acids is 1. The number of carboxylic acid groups (broad SMARTS) is 1. The average molecular weight is 227 g/mol. The predicted molar refractivity (Wildman–Crippen MR) is 48.3 cm³/mol. The van der Waals surface area contributed by atoms with Crippen LogP contribution in [0.1, 0.15) is 0 Å². The first kappa shape index (κ1) is 12.4. The van der Waals surface area contributed by atoms with Gasteiger partial charge in [-0.15, -0.1) is 0 Å². The first-order valence-corrected chi connectivity index (χ1v) is 5.44. The van der Waals surface area contributed by atoms with Gasteiger partial charge in [-0.25, -0.2) is 8.42 Å². The molecule has 76 valence electrons. The topological polar surface area (TPSA) is 115 Å². The zero-order valence-electron chi connectivity index (χ0n) is 6.50. The SMILES string of the molecule is N[C@@H](CS)C(=O)S(=O)(=O)CC(=O)O. The maximum atomic E-state index is 10.9. The second-order valence-corrected chi connectivity index (χ2v) is 4.55. The highest BCUT2D eigenvalue weighted by molar-refractivity contribution is 8.06. The molecule has 0 spiro atoms. The van der Waals surface area contributed by atoms with Gasteiger partial charge in [0.1, 0.15) is 0 Å². The van der Waals surface area contributed by atoms with Crippen LogP contribution in [0.5, 0.6) is 0 Å². The fraction of sp³-hybridized carbons (Fsp3) is 0.600. The Bertz CT molecular complexity index is 309. The number of rotatable bonds is 4. The third-order valence-electron chi connectivity index (χ3n) is 1.12. The normalized spacial score (nSPS) is 13.7. The van der Waals surface area contributed by atoms with Gasteiger partial charge in [0, 0.05) is 5.75 Å². The van der Waals surface area contributed by atoms with E-state index in [1.54, 1.807) is 0 Å². The molecule has 1 atom stereocenters. The van der Waals surface area contributed by atoms with Crippen LogP contribution >= 0.6 is 12.6 Å². The number of carboxylic acids is 1. The third-order valence-corrected chi connectivity index (χ3v) is 3.06. The summed E-state index contributed by atoms with van der Waals surface area (Å²) in [5, 5.41) is 6.87. The number of nitrogens with two attached hydrogens (primary N) is 1. The van der Waals surface area contributed by atoms with E-state index < -0.39 is 32.7 Å². The molecule has 0 amide bonds. The Morgan fingerprint density at radius 1 is 1.46 bits per heavy atom. The smallest absolute Gasteiger partial charge is 0.319 e. The van der Waals surface area contributed by atoms with Gasteiger partial charge in [0.2, 0.25) is 9.84 Å². The van der Waals surface area contributed by atoms with Gasteiger partial charge in [-0.1, -0.05) is 0 Å². The predicted octanol–water partition coefficient (Wildman–Crippen LogP) is -1.73. The van der Waals surface area contributed by atoms with E-state index in [-0.39, 0.29) is 5.75 Å². The maximum absolute atomic E-state index is 10.9. The first-order valence-electron chi connectivity index (χ1n) is 3.16. The van der Waals surface area contributed by atoms with Crippen LogP contribution < -0.4 is 5.73 Å². The molecule has 0 aliphatic carbocycles. The van der Waals surface area contributed by atoms with Gasteiger partial charge >= 0.3 is 5.97 Å². The quantitative estimate of drug-likeness (QED) is 0.492. The summed E-state index contributed by atoms with van der Waals surface area (Å²) in [7, 11) is -4.28. The van der Waals surface area contributed by atoms with Crippen molar-refractivity contribution in [3.63, 3.8) is 0 Å². The highest BCUT2D eigenvalue weighted by Gasteiger charge is 2.29. The lowest BCUT2D eigenvalue weighted by atomic mass is 10.4. The molecule has 0 saturated heterocycles. The molecule has 0 aromatic heterocycles. The zero-order chi connectivity index (χ0) is 10.6. The van der Waals surface area contributed by atoms with Crippen molar-refractivity contribution >= 4 is 33.6 Å². The first-order chi connectivity index (χ1) is 5.81. The molecule has 0 aliphatic heterocycles. The minimum absolute atomic E-state index is 0.141. The second kappa shape index (κ2) is 4.58. The number of carbonyl (C=O) groups is 2. The van der Waals surface area contributed by atoms with E-state index in [4.69, 9.17) is 10.8 Å². The Kier molecular flexibility index (Phi) is 4.37. The van der Waals surface area contributed by atoms with Gasteiger partial charge in [-0.2, -0.15) is 12.6 Å². The summed E-state index contributed by atoms with van der Waals surface area (Å²) in [6.45, 7) is 0. The fourth-order valence-corrected chi connectivity index (χ4v) is 1.84. The summed E-state index contributed by atoms with van der Waals surface area (Å²) >= 11 is 3.62. The molecule has 8 heteroatoms. The molecule has 0 rings (SSSR count). The van der Waals surface area contributed by atoms with E-state index in [1.165, 1.54) is 0 Å². The van der Waals surface area contributed by atoms with Crippen LogP contribution in [-0.2, 0) is 19.4 Å². The number of hydrogen-bond donors (Lipinski definition) is 3. The summed E-state index contributed by atoms with van der Waals surface area (Å²) in [6, 6.07) is -1.27. The van der Waals surface area contributed by atoms with Crippen LogP contribution in [0.2, 0.25) is 0 Å². The third kappa shape index (κ3) is 3.75. The molecule has 3 N–H and O–H groups in total. The van der Waals surface area contributed by atoms with Crippen molar-refractivity contribution < 1.29 is 23.1 Å². The van der Waals surface area contributed by atoms with Gasteiger partial charge < -0.3 is 10.8 Å². The zero-order valence-corrected chi connectivity index (χ0v) is 8.22. The molecule has 0 saturated carbocycles. The lowest BCUT2D eigenvalue weighted by molar-refractivity contribution is -0.134. The van der Waals surface area contributed by atoms with E-state index in [2.05, 4.69) is 12.6 Å². The molecule has 0 aromatic rings. The van der Waals surface area contributed by atoms with Crippen molar-refractivity contribution in [1.29, 1.82) is 0 Å². The van der Waals surface area contributed by atoms with E-state index in [0.29, 0.717) is 0 Å². The maximum Gasteiger partial charge on any atom is 0.319 e. The molecular formula is C5H9NO5S2. The standard InChI is InChI=1S/C5H9NO5S2/c6-3(1-12)5(9)13(10,11)2-4(7)8/h3,12H,1-2,6H2,(H,7,8)/t3-/m0/s1. The van der Waals surface area contributed by atoms with Gasteiger partial charge in [-0.05, 0) is 0 Å². The Labute approximate surface area is 80.4 Å². The van der Waals surface area contributed by atoms with Crippen LogP contribution in [0, 0.1) is 0 Å². The molecule has 6 nitrogen and oxygen atoms in total. The number of hydrogen-bond acceptors (Lipinski definition) is 6. The van der Waals surface area contributed by atoms with Crippen LogP contribution in [0.3, 0.4) is 0 Å². The highest BCUT2D eigenvalue weighted by Crippen LogP contribution is 1.98. The van der Waals surface area contributed by atoms with Gasteiger partial charge in [0.25, 0.3) is 5.12 Å². The van der Waals surface area contributed by atoms with Crippen LogP contribution in [0.25, 0.3) is 0 Å². The Hall–Kier alpha value is -0.600. The molecule has 0 unspecified atom stereocenters. The molecule has 0 bridgehead atoms. The molecule has 0 radical (unpaired) electrons. The monoisotopic (exact) mass is 227 g/mol. The molecular weight excluding hydrogens is 218 g/mol. The van der Waals surface area contributed by atoms with Crippen molar-refractivity contribution in [3.8, 4) is 0 Å². The molecule has 0 heterocycles. The van der Waals surface area contributed by atoms with Crippen molar-refractivity contribution in [2.75, 3.05) is 11.5 Å². The average Bonchev–Trinajstić information content (AvgIpc) is 1.99. The fourth-order valence-electron chi connectivity index (χ4n) is 0.539.